The number of nitrogens with one attached hydrogen (secondary N) is 2. The lowest BCUT2D eigenvalue weighted by atomic mass is 10.1. The molecule has 2 aromatic carbocycles. The van der Waals surface area contributed by atoms with Gasteiger partial charge >= 0.3 is 12.1 Å². The minimum atomic E-state index is -0.958. The van der Waals surface area contributed by atoms with Crippen molar-refractivity contribution in [2.24, 2.45) is 0 Å². The van der Waals surface area contributed by atoms with Crippen LogP contribution in [0.2, 0.25) is 5.02 Å². The Balaban J connectivity index is 1.46. The summed E-state index contributed by atoms with van der Waals surface area (Å²) in [4.78, 5) is 38.8. The number of benzene rings is 2. The van der Waals surface area contributed by atoms with Crippen molar-refractivity contribution in [2.45, 2.75) is 25.9 Å². The van der Waals surface area contributed by atoms with Crippen molar-refractivity contribution in [3.63, 3.8) is 0 Å². The molecule has 0 aromatic heterocycles. The van der Waals surface area contributed by atoms with Crippen molar-refractivity contribution in [3.8, 4) is 0 Å². The highest BCUT2D eigenvalue weighted by Gasteiger charge is 2.29. The molecule has 0 saturated carbocycles. The number of piperazine rings is 1. The number of carbonyl (C=O) groups excluding carboxylic acids is 2. The second-order valence-corrected chi connectivity index (χ2v) is 7.91. The zero-order chi connectivity index (χ0) is 22.4. The van der Waals surface area contributed by atoms with Gasteiger partial charge in [0.15, 0.2) is 0 Å². The van der Waals surface area contributed by atoms with Crippen LogP contribution in [-0.2, 0) is 17.8 Å². The molecule has 1 heterocycles. The van der Waals surface area contributed by atoms with Crippen LogP contribution in [-0.4, -0.2) is 58.6 Å². The summed E-state index contributed by atoms with van der Waals surface area (Å²) >= 11 is 5.85. The Hall–Kier alpha value is -3.26. The number of halogens is 1. The van der Waals surface area contributed by atoms with Gasteiger partial charge in [0.1, 0.15) is 0 Å². The Morgan fingerprint density at radius 1 is 1.03 bits per heavy atom. The lowest BCUT2D eigenvalue weighted by Crippen LogP contribution is -2.55. The molecule has 9 heteroatoms. The van der Waals surface area contributed by atoms with Crippen LogP contribution in [0.1, 0.15) is 18.1 Å². The van der Waals surface area contributed by atoms with Crippen LogP contribution in [0.5, 0.6) is 0 Å². The molecular formula is C22H25ClN4O4. The van der Waals surface area contributed by atoms with Gasteiger partial charge in [-0.15, -0.1) is 0 Å². The fraction of sp³-hybridized carbons (Fsp3) is 0.318. The third-order valence-corrected chi connectivity index (χ3v) is 5.41. The number of carbonyl (C=O) groups is 3. The van der Waals surface area contributed by atoms with Gasteiger partial charge in [-0.1, -0.05) is 35.9 Å². The first-order valence-electron chi connectivity index (χ1n) is 9.97. The van der Waals surface area contributed by atoms with Crippen molar-refractivity contribution >= 4 is 35.3 Å². The van der Waals surface area contributed by atoms with E-state index in [1.165, 1.54) is 4.90 Å². The monoisotopic (exact) mass is 444 g/mol. The zero-order valence-corrected chi connectivity index (χ0v) is 17.9. The van der Waals surface area contributed by atoms with Crippen LogP contribution in [0.4, 0.5) is 15.3 Å². The Morgan fingerprint density at radius 2 is 1.68 bits per heavy atom. The average Bonchev–Trinajstić information content (AvgIpc) is 2.74. The van der Waals surface area contributed by atoms with Crippen LogP contribution in [0.3, 0.4) is 0 Å². The van der Waals surface area contributed by atoms with Crippen LogP contribution in [0.15, 0.2) is 48.5 Å². The quantitative estimate of drug-likeness (QED) is 0.657. The third kappa shape index (κ3) is 6.36. The van der Waals surface area contributed by atoms with Gasteiger partial charge in [0, 0.05) is 42.9 Å². The summed E-state index contributed by atoms with van der Waals surface area (Å²) in [6.07, 6.45) is -0.733. The Labute approximate surface area is 185 Å². The van der Waals surface area contributed by atoms with Gasteiger partial charge in [-0.05, 0) is 42.3 Å². The van der Waals surface area contributed by atoms with Gasteiger partial charge in [-0.2, -0.15) is 0 Å². The maximum absolute atomic E-state index is 12.6. The molecule has 1 aliphatic heterocycles. The van der Waals surface area contributed by atoms with Crippen LogP contribution < -0.4 is 10.6 Å². The number of hydrogen-bond donors (Lipinski definition) is 3. The van der Waals surface area contributed by atoms with Gasteiger partial charge in [0.25, 0.3) is 0 Å². The molecule has 0 unspecified atom stereocenters. The van der Waals surface area contributed by atoms with Crippen molar-refractivity contribution in [1.29, 1.82) is 0 Å². The molecule has 1 saturated heterocycles. The van der Waals surface area contributed by atoms with Gasteiger partial charge in [-0.25, -0.2) is 9.59 Å². The molecule has 8 nitrogen and oxygen atoms in total. The van der Waals surface area contributed by atoms with E-state index in [1.54, 1.807) is 48.2 Å². The molecule has 1 fully saturated rings. The molecule has 0 aliphatic carbocycles. The van der Waals surface area contributed by atoms with Crippen LogP contribution in [0.25, 0.3) is 0 Å². The summed E-state index contributed by atoms with van der Waals surface area (Å²) < 4.78 is 0. The second-order valence-electron chi connectivity index (χ2n) is 7.47. The topological polar surface area (TPSA) is 102 Å². The van der Waals surface area contributed by atoms with Crippen molar-refractivity contribution in [1.82, 2.24) is 15.1 Å². The molecule has 0 radical (unpaired) electrons. The fourth-order valence-corrected chi connectivity index (χ4v) is 3.55. The van der Waals surface area contributed by atoms with E-state index < -0.39 is 6.09 Å². The maximum Gasteiger partial charge on any atom is 0.407 e. The number of rotatable bonds is 5. The van der Waals surface area contributed by atoms with Crippen LogP contribution in [0, 0.1) is 0 Å². The minimum absolute atomic E-state index is 0.0432. The average molecular weight is 445 g/mol. The van der Waals surface area contributed by atoms with E-state index in [2.05, 4.69) is 10.6 Å². The molecule has 1 atom stereocenters. The maximum atomic E-state index is 12.6. The van der Waals surface area contributed by atoms with E-state index in [9.17, 15) is 14.4 Å². The lowest BCUT2D eigenvalue weighted by Gasteiger charge is -2.38. The van der Waals surface area contributed by atoms with E-state index in [-0.39, 0.29) is 24.4 Å². The van der Waals surface area contributed by atoms with Gasteiger partial charge in [0.05, 0.1) is 6.42 Å². The minimum Gasteiger partial charge on any atom is -0.465 e. The van der Waals surface area contributed by atoms with E-state index in [0.29, 0.717) is 36.9 Å². The summed E-state index contributed by atoms with van der Waals surface area (Å²) in [5, 5.41) is 15.3. The predicted octanol–water partition coefficient (Wildman–Crippen LogP) is 3.41. The molecule has 2 aromatic rings. The molecule has 4 amide bonds. The molecule has 31 heavy (non-hydrogen) atoms. The SMILES string of the molecule is C[C@H]1CN(C(=O)Cc2ccc(NC(=O)NCc3ccc(Cl)cc3)cc2)CCN1C(=O)O. The first-order chi connectivity index (χ1) is 14.8. The molecule has 0 bridgehead atoms. The summed E-state index contributed by atoms with van der Waals surface area (Å²) in [6, 6.07) is 13.7. The lowest BCUT2D eigenvalue weighted by molar-refractivity contribution is -0.133. The van der Waals surface area contributed by atoms with Gasteiger partial charge < -0.3 is 25.5 Å². The molecular weight excluding hydrogens is 420 g/mol. The third-order valence-electron chi connectivity index (χ3n) is 5.16. The van der Waals surface area contributed by atoms with Gasteiger partial charge in [0.2, 0.25) is 5.91 Å². The number of anilines is 1. The Kier molecular flexibility index (Phi) is 7.36. The van der Waals surface area contributed by atoms with Crippen molar-refractivity contribution in [2.75, 3.05) is 25.0 Å². The van der Waals surface area contributed by atoms with Crippen molar-refractivity contribution in [3.05, 3.63) is 64.7 Å². The summed E-state index contributed by atoms with van der Waals surface area (Å²) in [6.45, 7) is 3.27. The Morgan fingerprint density at radius 3 is 2.29 bits per heavy atom. The van der Waals surface area contributed by atoms with E-state index >= 15 is 0 Å². The zero-order valence-electron chi connectivity index (χ0n) is 17.2. The van der Waals surface area contributed by atoms with E-state index in [4.69, 9.17) is 16.7 Å². The second kappa shape index (κ2) is 10.2. The summed E-state index contributed by atoms with van der Waals surface area (Å²) in [5.41, 5.74) is 2.38. The largest absolute Gasteiger partial charge is 0.465 e. The predicted molar refractivity (Wildman–Crippen MR) is 118 cm³/mol. The van der Waals surface area contributed by atoms with Gasteiger partial charge in [-0.3, -0.25) is 4.79 Å². The summed E-state index contributed by atoms with van der Waals surface area (Å²) in [7, 11) is 0. The number of nitrogens with zero attached hydrogens (tertiary/aromatic N) is 2. The molecule has 1 aliphatic rings. The fourth-order valence-electron chi connectivity index (χ4n) is 3.42. The number of urea groups is 1. The first-order valence-corrected chi connectivity index (χ1v) is 10.3. The molecule has 3 N–H and O–H groups in total. The normalized spacial score (nSPS) is 16.0. The first kappa shape index (κ1) is 22.4. The van der Waals surface area contributed by atoms with Crippen LogP contribution >= 0.6 is 11.6 Å². The highest BCUT2D eigenvalue weighted by molar-refractivity contribution is 6.30. The molecule has 3 rings (SSSR count). The molecule has 0 spiro atoms. The number of amides is 4. The van der Waals surface area contributed by atoms with Crippen molar-refractivity contribution < 1.29 is 19.5 Å². The highest BCUT2D eigenvalue weighted by atomic mass is 35.5. The number of carboxylic acid groups (broad SMARTS) is 1. The molecule has 164 valence electrons. The smallest absolute Gasteiger partial charge is 0.407 e. The highest BCUT2D eigenvalue weighted by Crippen LogP contribution is 2.14. The summed E-state index contributed by atoms with van der Waals surface area (Å²) in [5.74, 6) is -0.0432. The Bertz CT molecular complexity index is 934. The number of hydrogen-bond acceptors (Lipinski definition) is 3. The standard InChI is InChI=1S/C22H25ClN4O4/c1-15-14-26(10-11-27(15)22(30)31)20(28)12-16-4-8-19(9-5-16)25-21(29)24-13-17-2-6-18(23)7-3-17/h2-9,15H,10-14H2,1H3,(H,30,31)(H2,24,25,29)/t15-/m0/s1. The van der Waals surface area contributed by atoms with E-state index in [0.717, 1.165) is 11.1 Å². The van der Waals surface area contributed by atoms with E-state index in [1.807, 2.05) is 12.1 Å².